The largest absolute Gasteiger partial charge is 0.466 e. The van der Waals surface area contributed by atoms with Gasteiger partial charge in [0.25, 0.3) is 0 Å². The van der Waals surface area contributed by atoms with Crippen LogP contribution in [0.5, 0.6) is 0 Å². The fourth-order valence-corrected chi connectivity index (χ4v) is 8.93. The van der Waals surface area contributed by atoms with Crippen molar-refractivity contribution in [2.24, 2.45) is 0 Å². The lowest BCUT2D eigenvalue weighted by atomic mass is 10.0. The summed E-state index contributed by atoms with van der Waals surface area (Å²) in [5.41, 5.74) is 0. The molecule has 0 aromatic rings. The van der Waals surface area contributed by atoms with E-state index in [4.69, 9.17) is 4.74 Å². The van der Waals surface area contributed by atoms with E-state index < -0.39 is 12.1 Å². The van der Waals surface area contributed by atoms with Gasteiger partial charge < -0.3 is 20.3 Å². The lowest BCUT2D eigenvalue weighted by Gasteiger charge is -2.22. The van der Waals surface area contributed by atoms with E-state index in [1.54, 1.807) is 0 Å². The van der Waals surface area contributed by atoms with Crippen LogP contribution in [0.4, 0.5) is 0 Å². The van der Waals surface area contributed by atoms with Gasteiger partial charge in [-0.1, -0.05) is 264 Å². The highest BCUT2D eigenvalue weighted by Crippen LogP contribution is 2.17. The highest BCUT2D eigenvalue weighted by atomic mass is 16.5. The molecule has 0 aliphatic heterocycles. The summed E-state index contributed by atoms with van der Waals surface area (Å²) < 4.78 is 5.48. The Morgan fingerprint density at radius 2 is 0.746 bits per heavy atom. The van der Waals surface area contributed by atoms with Gasteiger partial charge in [-0.15, -0.1) is 0 Å². The lowest BCUT2D eigenvalue weighted by molar-refractivity contribution is -0.143. The molecule has 0 fully saturated rings. The van der Waals surface area contributed by atoms with Gasteiger partial charge in [0, 0.05) is 12.8 Å². The highest BCUT2D eigenvalue weighted by molar-refractivity contribution is 5.76. The quantitative estimate of drug-likeness (QED) is 0.0321. The molecule has 3 N–H and O–H groups in total. The van der Waals surface area contributed by atoms with Crippen LogP contribution >= 0.6 is 0 Å². The SMILES string of the molecule is CCCCCCCCCCCCCCCCCCCC(=O)OCCCCCCCCC/C=C\CCCCCCCC(=O)NC(CO)C(O)CCCCCCCCCCCCCCC. The third-order valence-corrected chi connectivity index (χ3v) is 13.3. The Morgan fingerprint density at radius 1 is 0.429 bits per heavy atom. The first-order chi connectivity index (χ1) is 31.0. The summed E-state index contributed by atoms with van der Waals surface area (Å²) >= 11 is 0. The normalized spacial score (nSPS) is 12.6. The number of carbonyl (C=O) groups excluding carboxylic acids is 2. The number of rotatable bonds is 53. The average Bonchev–Trinajstić information content (AvgIpc) is 3.28. The van der Waals surface area contributed by atoms with Gasteiger partial charge in [-0.05, 0) is 51.4 Å². The number of hydrogen-bond donors (Lipinski definition) is 3. The van der Waals surface area contributed by atoms with Crippen molar-refractivity contribution in [3.8, 4) is 0 Å². The van der Waals surface area contributed by atoms with Crippen molar-refractivity contribution in [1.29, 1.82) is 0 Å². The van der Waals surface area contributed by atoms with Crippen LogP contribution in [0, 0.1) is 0 Å². The molecule has 0 saturated carbocycles. The van der Waals surface area contributed by atoms with Gasteiger partial charge in [-0.2, -0.15) is 0 Å². The van der Waals surface area contributed by atoms with Crippen molar-refractivity contribution in [2.45, 2.75) is 328 Å². The van der Waals surface area contributed by atoms with E-state index in [1.165, 1.54) is 218 Å². The molecule has 0 radical (unpaired) electrons. The summed E-state index contributed by atoms with van der Waals surface area (Å²) in [5, 5.41) is 23.2. The number of unbranched alkanes of at least 4 members (excludes halogenated alkanes) is 40. The maximum atomic E-state index is 12.4. The van der Waals surface area contributed by atoms with Crippen molar-refractivity contribution in [1.82, 2.24) is 5.32 Å². The van der Waals surface area contributed by atoms with Gasteiger partial charge >= 0.3 is 5.97 Å². The van der Waals surface area contributed by atoms with Gasteiger partial charge in [0.1, 0.15) is 0 Å². The molecule has 0 bridgehead atoms. The van der Waals surface area contributed by atoms with Gasteiger partial charge in [0.2, 0.25) is 5.91 Å². The first-order valence-corrected chi connectivity index (χ1v) is 28.4. The van der Waals surface area contributed by atoms with E-state index in [0.29, 0.717) is 25.9 Å². The molecule has 0 rings (SSSR count). The van der Waals surface area contributed by atoms with E-state index in [1.807, 2.05) is 0 Å². The van der Waals surface area contributed by atoms with Gasteiger partial charge in [-0.25, -0.2) is 0 Å². The van der Waals surface area contributed by atoms with Crippen LogP contribution in [0.3, 0.4) is 0 Å². The third kappa shape index (κ3) is 49.9. The van der Waals surface area contributed by atoms with Crippen LogP contribution in [0.2, 0.25) is 0 Å². The summed E-state index contributed by atoms with van der Waals surface area (Å²) in [6.45, 7) is 4.94. The summed E-state index contributed by atoms with van der Waals surface area (Å²) in [4.78, 5) is 24.5. The molecular formula is C57H111NO5. The first kappa shape index (κ1) is 61.6. The van der Waals surface area contributed by atoms with Crippen LogP contribution in [0.25, 0.3) is 0 Å². The van der Waals surface area contributed by atoms with Crippen molar-refractivity contribution in [3.05, 3.63) is 12.2 Å². The summed E-state index contributed by atoms with van der Waals surface area (Å²) in [6, 6.07) is -0.552. The summed E-state index contributed by atoms with van der Waals surface area (Å²) in [7, 11) is 0. The molecule has 0 spiro atoms. The topological polar surface area (TPSA) is 95.9 Å². The molecule has 0 heterocycles. The zero-order valence-corrected chi connectivity index (χ0v) is 42.6. The first-order valence-electron chi connectivity index (χ1n) is 28.4. The Hall–Kier alpha value is -1.40. The maximum absolute atomic E-state index is 12.4. The van der Waals surface area contributed by atoms with Crippen molar-refractivity contribution < 1.29 is 24.5 Å². The van der Waals surface area contributed by atoms with E-state index in [9.17, 15) is 19.8 Å². The Morgan fingerprint density at radius 3 is 1.13 bits per heavy atom. The van der Waals surface area contributed by atoms with Crippen LogP contribution < -0.4 is 5.32 Å². The number of aliphatic hydroxyl groups is 2. The predicted octanol–water partition coefficient (Wildman–Crippen LogP) is 17.3. The second-order valence-corrected chi connectivity index (χ2v) is 19.6. The molecule has 2 atom stereocenters. The zero-order valence-electron chi connectivity index (χ0n) is 42.6. The molecule has 6 nitrogen and oxygen atoms in total. The van der Waals surface area contributed by atoms with Crippen LogP contribution in [0.1, 0.15) is 316 Å². The Balaban J connectivity index is 3.43. The molecule has 2 unspecified atom stereocenters. The van der Waals surface area contributed by atoms with Crippen LogP contribution in [-0.4, -0.2) is 47.4 Å². The van der Waals surface area contributed by atoms with Crippen LogP contribution in [-0.2, 0) is 14.3 Å². The smallest absolute Gasteiger partial charge is 0.305 e. The molecule has 0 aliphatic carbocycles. The minimum absolute atomic E-state index is 0.00152. The van der Waals surface area contributed by atoms with Gasteiger partial charge in [0.15, 0.2) is 0 Å². The number of carbonyl (C=O) groups is 2. The molecule has 0 aromatic carbocycles. The van der Waals surface area contributed by atoms with E-state index >= 15 is 0 Å². The fourth-order valence-electron chi connectivity index (χ4n) is 8.93. The molecule has 0 aromatic heterocycles. The molecular weight excluding hydrogens is 779 g/mol. The number of amides is 1. The zero-order chi connectivity index (χ0) is 45.8. The number of hydrogen-bond acceptors (Lipinski definition) is 5. The van der Waals surface area contributed by atoms with E-state index in [2.05, 4.69) is 31.3 Å². The van der Waals surface area contributed by atoms with Crippen molar-refractivity contribution in [3.63, 3.8) is 0 Å². The van der Waals surface area contributed by atoms with E-state index in [0.717, 1.165) is 64.2 Å². The van der Waals surface area contributed by atoms with Crippen LogP contribution in [0.15, 0.2) is 12.2 Å². The minimum Gasteiger partial charge on any atom is -0.466 e. The fraction of sp³-hybridized carbons (Fsp3) is 0.930. The molecule has 374 valence electrons. The van der Waals surface area contributed by atoms with Crippen molar-refractivity contribution in [2.75, 3.05) is 13.2 Å². The highest BCUT2D eigenvalue weighted by Gasteiger charge is 2.20. The number of esters is 1. The van der Waals surface area contributed by atoms with E-state index in [-0.39, 0.29) is 18.5 Å². The second kappa shape index (κ2) is 53.2. The molecule has 1 amide bonds. The number of allylic oxidation sites excluding steroid dienone is 2. The molecule has 0 aliphatic rings. The third-order valence-electron chi connectivity index (χ3n) is 13.3. The maximum Gasteiger partial charge on any atom is 0.305 e. The Labute approximate surface area is 393 Å². The predicted molar refractivity (Wildman–Crippen MR) is 273 cm³/mol. The van der Waals surface area contributed by atoms with Gasteiger partial charge in [-0.3, -0.25) is 9.59 Å². The standard InChI is InChI=1S/C57H111NO5/c1-3-5-7-9-11-13-15-17-18-19-23-27-31-35-39-43-47-51-57(62)63-52-48-44-40-36-32-28-24-21-20-22-26-30-34-38-42-46-50-56(61)58-54(53-59)55(60)49-45-41-37-33-29-25-16-14-12-10-8-6-4-2/h20,22,54-55,59-60H,3-19,21,23-53H2,1-2H3,(H,58,61)/b22-20-. The number of nitrogens with one attached hydrogen (secondary N) is 1. The number of aliphatic hydroxyl groups excluding tert-OH is 2. The molecule has 63 heavy (non-hydrogen) atoms. The monoisotopic (exact) mass is 890 g/mol. The average molecular weight is 891 g/mol. The lowest BCUT2D eigenvalue weighted by Crippen LogP contribution is -2.45. The van der Waals surface area contributed by atoms with Gasteiger partial charge in [0.05, 0.1) is 25.4 Å². The second-order valence-electron chi connectivity index (χ2n) is 19.6. The Kier molecular flexibility index (Phi) is 52.0. The number of ether oxygens (including phenoxy) is 1. The molecule has 0 saturated heterocycles. The summed E-state index contributed by atoms with van der Waals surface area (Å²) in [6.07, 6.45) is 62.0. The summed E-state index contributed by atoms with van der Waals surface area (Å²) in [5.74, 6) is -0.0494. The van der Waals surface area contributed by atoms with Crippen molar-refractivity contribution >= 4 is 11.9 Å². The minimum atomic E-state index is -0.673. The Bertz CT molecular complexity index is 939. The molecule has 6 heteroatoms.